The van der Waals surface area contributed by atoms with Gasteiger partial charge in [-0.2, -0.15) is 0 Å². The average Bonchev–Trinajstić information content (AvgIpc) is 2.45. The van der Waals surface area contributed by atoms with E-state index >= 15 is 0 Å². The number of rotatable bonds is 3. The molecule has 1 heterocycles. The largest absolute Gasteiger partial charge is 0.353 e. The maximum Gasteiger partial charge on any atom is 0.236 e. The molecule has 0 radical (unpaired) electrons. The summed E-state index contributed by atoms with van der Waals surface area (Å²) >= 11 is 3.31. The monoisotopic (exact) mass is 258 g/mol. The van der Waals surface area contributed by atoms with Crippen molar-refractivity contribution in [3.63, 3.8) is 0 Å². The number of amides is 1. The van der Waals surface area contributed by atoms with Crippen molar-refractivity contribution >= 4 is 21.8 Å². The summed E-state index contributed by atoms with van der Waals surface area (Å²) in [6, 6.07) is 3.95. The van der Waals surface area contributed by atoms with E-state index in [1.807, 2.05) is 43.8 Å². The highest BCUT2D eigenvalue weighted by Gasteiger charge is 2.22. The summed E-state index contributed by atoms with van der Waals surface area (Å²) in [4.78, 5) is 11.5. The SMILES string of the molecule is Cn1cccc1CNC(=O)C(C)(C)Br. The molecule has 1 aromatic heterocycles. The fraction of sp³-hybridized carbons (Fsp3) is 0.500. The summed E-state index contributed by atoms with van der Waals surface area (Å²) in [5.74, 6) is -0.00120. The molecular formula is C10H15BrN2O. The Bertz CT molecular complexity index is 325. The van der Waals surface area contributed by atoms with Crippen molar-refractivity contribution < 1.29 is 4.79 Å². The van der Waals surface area contributed by atoms with Gasteiger partial charge in [0.2, 0.25) is 5.91 Å². The quantitative estimate of drug-likeness (QED) is 0.825. The van der Waals surface area contributed by atoms with E-state index in [0.717, 1.165) is 5.69 Å². The zero-order valence-corrected chi connectivity index (χ0v) is 10.3. The topological polar surface area (TPSA) is 34.0 Å². The fourth-order valence-electron chi connectivity index (χ4n) is 1.06. The van der Waals surface area contributed by atoms with Gasteiger partial charge in [0.05, 0.1) is 10.9 Å². The standard InChI is InChI=1S/C10H15BrN2O/c1-10(2,11)9(14)12-7-8-5-4-6-13(8)3/h4-6H,7H2,1-3H3,(H,12,14). The molecule has 0 saturated heterocycles. The van der Waals surface area contributed by atoms with Gasteiger partial charge in [-0.1, -0.05) is 15.9 Å². The van der Waals surface area contributed by atoms with Crippen LogP contribution in [0, 0.1) is 0 Å². The number of carbonyl (C=O) groups is 1. The smallest absolute Gasteiger partial charge is 0.236 e. The van der Waals surface area contributed by atoms with Crippen LogP contribution in [-0.4, -0.2) is 14.8 Å². The van der Waals surface area contributed by atoms with E-state index in [1.54, 1.807) is 0 Å². The Balaban J connectivity index is 2.50. The van der Waals surface area contributed by atoms with E-state index in [0.29, 0.717) is 6.54 Å². The Morgan fingerprint density at radius 3 is 2.71 bits per heavy atom. The molecule has 78 valence electrons. The number of halogens is 1. The minimum Gasteiger partial charge on any atom is -0.353 e. The first-order chi connectivity index (χ1) is 6.41. The van der Waals surface area contributed by atoms with Gasteiger partial charge in [-0.25, -0.2) is 0 Å². The molecule has 0 aromatic carbocycles. The Labute approximate surface area is 92.6 Å². The summed E-state index contributed by atoms with van der Waals surface area (Å²) in [7, 11) is 1.96. The molecule has 1 rings (SSSR count). The highest BCUT2D eigenvalue weighted by atomic mass is 79.9. The van der Waals surface area contributed by atoms with Crippen molar-refractivity contribution in [2.75, 3.05) is 0 Å². The molecule has 0 saturated carbocycles. The number of nitrogens with one attached hydrogen (secondary N) is 1. The molecule has 0 aliphatic heterocycles. The van der Waals surface area contributed by atoms with E-state index in [2.05, 4.69) is 21.2 Å². The summed E-state index contributed by atoms with van der Waals surface area (Å²) in [5, 5.41) is 2.86. The third-order valence-corrected chi connectivity index (χ3v) is 2.38. The van der Waals surface area contributed by atoms with Gasteiger partial charge < -0.3 is 9.88 Å². The Hall–Kier alpha value is -0.770. The summed E-state index contributed by atoms with van der Waals surface area (Å²) in [5.41, 5.74) is 1.09. The summed E-state index contributed by atoms with van der Waals surface area (Å²) in [6.45, 7) is 4.22. The van der Waals surface area contributed by atoms with Crippen molar-refractivity contribution in [3.05, 3.63) is 24.0 Å². The maximum absolute atomic E-state index is 11.5. The molecule has 1 aromatic rings. The Morgan fingerprint density at radius 2 is 2.29 bits per heavy atom. The van der Waals surface area contributed by atoms with Gasteiger partial charge in [0.1, 0.15) is 0 Å². The molecule has 0 aliphatic carbocycles. The van der Waals surface area contributed by atoms with Crippen molar-refractivity contribution in [1.82, 2.24) is 9.88 Å². The van der Waals surface area contributed by atoms with Gasteiger partial charge in [-0.15, -0.1) is 0 Å². The van der Waals surface area contributed by atoms with Crippen LogP contribution in [0.1, 0.15) is 19.5 Å². The first-order valence-electron chi connectivity index (χ1n) is 4.48. The van der Waals surface area contributed by atoms with Gasteiger partial charge in [-0.05, 0) is 26.0 Å². The number of aryl methyl sites for hydroxylation is 1. The molecule has 14 heavy (non-hydrogen) atoms. The minimum absolute atomic E-state index is 0.00120. The predicted molar refractivity (Wildman–Crippen MR) is 60.3 cm³/mol. The number of carbonyl (C=O) groups excluding carboxylic acids is 1. The zero-order chi connectivity index (χ0) is 10.8. The molecule has 0 bridgehead atoms. The van der Waals surface area contributed by atoms with E-state index < -0.39 is 4.32 Å². The maximum atomic E-state index is 11.5. The third kappa shape index (κ3) is 2.87. The predicted octanol–water partition coefficient (Wildman–Crippen LogP) is 1.81. The van der Waals surface area contributed by atoms with Crippen LogP contribution >= 0.6 is 15.9 Å². The number of nitrogens with zero attached hydrogens (tertiary/aromatic N) is 1. The summed E-state index contributed by atoms with van der Waals surface area (Å²) < 4.78 is 1.49. The van der Waals surface area contributed by atoms with Gasteiger partial charge in [0.25, 0.3) is 0 Å². The second-order valence-corrected chi connectivity index (χ2v) is 5.75. The van der Waals surface area contributed by atoms with Crippen molar-refractivity contribution in [3.8, 4) is 0 Å². The lowest BCUT2D eigenvalue weighted by molar-refractivity contribution is -0.122. The molecule has 4 heteroatoms. The van der Waals surface area contributed by atoms with E-state index in [-0.39, 0.29) is 5.91 Å². The first kappa shape index (κ1) is 11.3. The Morgan fingerprint density at radius 1 is 1.64 bits per heavy atom. The molecule has 0 fully saturated rings. The van der Waals surface area contributed by atoms with Crippen LogP contribution in [0.25, 0.3) is 0 Å². The first-order valence-corrected chi connectivity index (χ1v) is 5.28. The van der Waals surface area contributed by atoms with Crippen molar-refractivity contribution in [2.45, 2.75) is 24.7 Å². The Kier molecular flexibility index (Phi) is 3.37. The highest BCUT2D eigenvalue weighted by Crippen LogP contribution is 2.15. The lowest BCUT2D eigenvalue weighted by Gasteiger charge is -2.15. The molecule has 0 unspecified atom stereocenters. The lowest BCUT2D eigenvalue weighted by atomic mass is 10.2. The summed E-state index contributed by atoms with van der Waals surface area (Å²) in [6.07, 6.45) is 1.96. The van der Waals surface area contributed by atoms with E-state index in [1.165, 1.54) is 0 Å². The second kappa shape index (κ2) is 4.17. The minimum atomic E-state index is -0.502. The molecule has 0 atom stereocenters. The van der Waals surface area contributed by atoms with Crippen LogP contribution in [0.5, 0.6) is 0 Å². The van der Waals surface area contributed by atoms with Crippen LogP contribution in [-0.2, 0) is 18.4 Å². The van der Waals surface area contributed by atoms with Gasteiger partial charge in [0, 0.05) is 18.9 Å². The zero-order valence-electron chi connectivity index (χ0n) is 8.67. The third-order valence-electron chi connectivity index (χ3n) is 2.02. The second-order valence-electron chi connectivity index (χ2n) is 3.77. The van der Waals surface area contributed by atoms with Crippen LogP contribution in [0.3, 0.4) is 0 Å². The molecule has 1 N–H and O–H groups in total. The van der Waals surface area contributed by atoms with E-state index in [9.17, 15) is 4.79 Å². The highest BCUT2D eigenvalue weighted by molar-refractivity contribution is 9.10. The van der Waals surface area contributed by atoms with Gasteiger partial charge in [-0.3, -0.25) is 4.79 Å². The number of hydrogen-bond acceptors (Lipinski definition) is 1. The van der Waals surface area contributed by atoms with Crippen LogP contribution in [0.15, 0.2) is 18.3 Å². The van der Waals surface area contributed by atoms with E-state index in [4.69, 9.17) is 0 Å². The van der Waals surface area contributed by atoms with Gasteiger partial charge >= 0.3 is 0 Å². The normalized spacial score (nSPS) is 11.4. The van der Waals surface area contributed by atoms with Crippen LogP contribution in [0.4, 0.5) is 0 Å². The van der Waals surface area contributed by atoms with Crippen LogP contribution in [0.2, 0.25) is 0 Å². The number of hydrogen-bond donors (Lipinski definition) is 1. The van der Waals surface area contributed by atoms with Crippen molar-refractivity contribution in [2.24, 2.45) is 7.05 Å². The number of aromatic nitrogens is 1. The van der Waals surface area contributed by atoms with Gasteiger partial charge in [0.15, 0.2) is 0 Å². The molecule has 1 amide bonds. The molecular weight excluding hydrogens is 244 g/mol. The van der Waals surface area contributed by atoms with Crippen molar-refractivity contribution in [1.29, 1.82) is 0 Å². The average molecular weight is 259 g/mol. The van der Waals surface area contributed by atoms with Crippen LogP contribution < -0.4 is 5.32 Å². The molecule has 0 spiro atoms. The molecule has 0 aliphatic rings. The molecule has 3 nitrogen and oxygen atoms in total. The lowest BCUT2D eigenvalue weighted by Crippen LogP contribution is -2.37. The number of alkyl halides is 1. The fourth-order valence-corrected chi connectivity index (χ4v) is 1.20.